The highest BCUT2D eigenvalue weighted by atomic mass is 16.1. The first-order valence-electron chi connectivity index (χ1n) is 10.4. The van der Waals surface area contributed by atoms with Gasteiger partial charge in [-0.3, -0.25) is 9.36 Å². The standard InChI is InChI=1S/C22H26N6O/c1-15(2)28-14-25-20-11-17(5-6-18(20)22(28)29)26-7-9-27(10-8-26)21-12-19(16-3-4-16)23-13-24-21/h5-6,11-16H,3-4,7-10H2,1-2H3. The minimum absolute atomic E-state index is 0.0246. The number of hydrogen-bond donors (Lipinski definition) is 0. The lowest BCUT2D eigenvalue weighted by Crippen LogP contribution is -2.46. The van der Waals surface area contributed by atoms with Crippen LogP contribution < -0.4 is 15.4 Å². The van der Waals surface area contributed by atoms with E-state index < -0.39 is 0 Å². The first-order valence-corrected chi connectivity index (χ1v) is 10.4. The molecule has 2 aliphatic rings. The van der Waals surface area contributed by atoms with Gasteiger partial charge in [0.25, 0.3) is 5.56 Å². The number of aromatic nitrogens is 4. The fraction of sp³-hybridized carbons (Fsp3) is 0.455. The van der Waals surface area contributed by atoms with Crippen LogP contribution in [0.3, 0.4) is 0 Å². The number of anilines is 2. The highest BCUT2D eigenvalue weighted by Crippen LogP contribution is 2.39. The summed E-state index contributed by atoms with van der Waals surface area (Å²) in [5, 5.41) is 0.678. The summed E-state index contributed by atoms with van der Waals surface area (Å²) in [6, 6.07) is 8.26. The molecule has 1 aliphatic carbocycles. The maximum atomic E-state index is 12.6. The van der Waals surface area contributed by atoms with Gasteiger partial charge in [0, 0.05) is 55.6 Å². The minimum Gasteiger partial charge on any atom is -0.368 e. The fourth-order valence-corrected chi connectivity index (χ4v) is 4.02. The second-order valence-corrected chi connectivity index (χ2v) is 8.30. The minimum atomic E-state index is 0.0246. The topological polar surface area (TPSA) is 67.2 Å². The number of nitrogens with zero attached hydrogens (tertiary/aromatic N) is 6. The van der Waals surface area contributed by atoms with Gasteiger partial charge >= 0.3 is 0 Å². The Balaban J connectivity index is 1.32. The lowest BCUT2D eigenvalue weighted by atomic mass is 10.2. The Morgan fingerprint density at radius 2 is 1.72 bits per heavy atom. The average molecular weight is 390 g/mol. The van der Waals surface area contributed by atoms with Crippen LogP contribution in [0.25, 0.3) is 10.9 Å². The Morgan fingerprint density at radius 1 is 0.966 bits per heavy atom. The zero-order valence-corrected chi connectivity index (χ0v) is 17.0. The number of benzene rings is 1. The van der Waals surface area contributed by atoms with Crippen LogP contribution in [0.15, 0.2) is 41.7 Å². The third-order valence-corrected chi connectivity index (χ3v) is 5.96. The molecular formula is C22H26N6O. The first-order chi connectivity index (χ1) is 14.1. The largest absolute Gasteiger partial charge is 0.368 e. The fourth-order valence-electron chi connectivity index (χ4n) is 4.02. The Kier molecular flexibility index (Phi) is 4.45. The smallest absolute Gasteiger partial charge is 0.261 e. The molecule has 3 heterocycles. The van der Waals surface area contributed by atoms with Crippen molar-refractivity contribution in [2.24, 2.45) is 0 Å². The van der Waals surface area contributed by atoms with Crippen LogP contribution >= 0.6 is 0 Å². The predicted octanol–water partition coefficient (Wildman–Crippen LogP) is 2.97. The molecule has 0 radical (unpaired) electrons. The van der Waals surface area contributed by atoms with Gasteiger partial charge in [0.2, 0.25) is 0 Å². The molecular weight excluding hydrogens is 364 g/mol. The predicted molar refractivity (Wildman–Crippen MR) is 115 cm³/mol. The van der Waals surface area contributed by atoms with Crippen molar-refractivity contribution in [3.05, 3.63) is 53.0 Å². The van der Waals surface area contributed by atoms with Crippen LogP contribution in [0, 0.1) is 0 Å². The van der Waals surface area contributed by atoms with E-state index in [0.29, 0.717) is 11.3 Å². The van der Waals surface area contributed by atoms with E-state index in [4.69, 9.17) is 0 Å². The molecule has 0 atom stereocenters. The second-order valence-electron chi connectivity index (χ2n) is 8.30. The van der Waals surface area contributed by atoms with Gasteiger partial charge in [-0.2, -0.15) is 0 Å². The number of hydrogen-bond acceptors (Lipinski definition) is 6. The van der Waals surface area contributed by atoms with Gasteiger partial charge in [0.05, 0.1) is 17.2 Å². The Morgan fingerprint density at radius 3 is 2.45 bits per heavy atom. The van der Waals surface area contributed by atoms with E-state index in [2.05, 4.69) is 30.8 Å². The van der Waals surface area contributed by atoms with Crippen molar-refractivity contribution in [1.82, 2.24) is 19.5 Å². The van der Waals surface area contributed by atoms with E-state index in [1.807, 2.05) is 32.0 Å². The van der Waals surface area contributed by atoms with Gasteiger partial charge in [-0.05, 0) is 44.9 Å². The number of rotatable bonds is 4. The molecule has 0 N–H and O–H groups in total. The van der Waals surface area contributed by atoms with E-state index in [9.17, 15) is 4.79 Å². The average Bonchev–Trinajstić information content (AvgIpc) is 3.59. The van der Waals surface area contributed by atoms with Crippen LogP contribution in [0.5, 0.6) is 0 Å². The maximum Gasteiger partial charge on any atom is 0.261 e. The Bertz CT molecular complexity index is 1100. The zero-order chi connectivity index (χ0) is 20.0. The summed E-state index contributed by atoms with van der Waals surface area (Å²) in [5.41, 5.74) is 3.09. The highest BCUT2D eigenvalue weighted by molar-refractivity contribution is 5.81. The summed E-state index contributed by atoms with van der Waals surface area (Å²) in [6.45, 7) is 7.65. The molecule has 0 amide bonds. The summed E-state index contributed by atoms with van der Waals surface area (Å²) in [4.78, 5) is 30.8. The third kappa shape index (κ3) is 3.45. The van der Waals surface area contributed by atoms with E-state index >= 15 is 0 Å². The molecule has 5 rings (SSSR count). The molecule has 29 heavy (non-hydrogen) atoms. The number of piperazine rings is 1. The van der Waals surface area contributed by atoms with Crippen molar-refractivity contribution in [2.75, 3.05) is 36.0 Å². The molecule has 1 aliphatic heterocycles. The quantitative estimate of drug-likeness (QED) is 0.682. The van der Waals surface area contributed by atoms with E-state index in [1.54, 1.807) is 17.2 Å². The summed E-state index contributed by atoms with van der Waals surface area (Å²) in [6.07, 6.45) is 5.86. The van der Waals surface area contributed by atoms with Crippen LogP contribution in [-0.2, 0) is 0 Å². The molecule has 7 heteroatoms. The van der Waals surface area contributed by atoms with E-state index in [1.165, 1.54) is 18.5 Å². The number of fused-ring (bicyclic) bond motifs is 1. The second kappa shape index (κ2) is 7.13. The van der Waals surface area contributed by atoms with Crippen molar-refractivity contribution in [2.45, 2.75) is 38.6 Å². The monoisotopic (exact) mass is 390 g/mol. The zero-order valence-electron chi connectivity index (χ0n) is 17.0. The van der Waals surface area contributed by atoms with Crippen LogP contribution in [0.4, 0.5) is 11.5 Å². The third-order valence-electron chi connectivity index (χ3n) is 5.96. The van der Waals surface area contributed by atoms with E-state index in [-0.39, 0.29) is 11.6 Å². The maximum absolute atomic E-state index is 12.6. The summed E-state index contributed by atoms with van der Waals surface area (Å²) >= 11 is 0. The Labute approximate surface area is 170 Å². The summed E-state index contributed by atoms with van der Waals surface area (Å²) in [7, 11) is 0. The van der Waals surface area contributed by atoms with Crippen molar-refractivity contribution >= 4 is 22.4 Å². The molecule has 0 spiro atoms. The molecule has 7 nitrogen and oxygen atoms in total. The molecule has 0 bridgehead atoms. The van der Waals surface area contributed by atoms with Gasteiger partial charge in [0.15, 0.2) is 0 Å². The molecule has 150 valence electrons. The molecule has 0 unspecified atom stereocenters. The van der Waals surface area contributed by atoms with Crippen molar-refractivity contribution < 1.29 is 0 Å². The molecule has 1 aromatic carbocycles. The molecule has 2 aromatic heterocycles. The van der Waals surface area contributed by atoms with Gasteiger partial charge in [0.1, 0.15) is 12.1 Å². The Hall–Kier alpha value is -2.96. The van der Waals surface area contributed by atoms with Gasteiger partial charge in [-0.15, -0.1) is 0 Å². The highest BCUT2D eigenvalue weighted by Gasteiger charge is 2.26. The van der Waals surface area contributed by atoms with Crippen molar-refractivity contribution in [1.29, 1.82) is 0 Å². The van der Waals surface area contributed by atoms with Crippen molar-refractivity contribution in [3.8, 4) is 0 Å². The van der Waals surface area contributed by atoms with E-state index in [0.717, 1.165) is 43.2 Å². The summed E-state index contributed by atoms with van der Waals surface area (Å²) in [5.74, 6) is 1.68. The van der Waals surface area contributed by atoms with Crippen LogP contribution in [-0.4, -0.2) is 45.7 Å². The summed E-state index contributed by atoms with van der Waals surface area (Å²) < 4.78 is 1.68. The van der Waals surface area contributed by atoms with Gasteiger partial charge < -0.3 is 9.80 Å². The van der Waals surface area contributed by atoms with Crippen LogP contribution in [0.2, 0.25) is 0 Å². The van der Waals surface area contributed by atoms with Gasteiger partial charge in [-0.25, -0.2) is 15.0 Å². The molecule has 2 fully saturated rings. The molecule has 1 saturated carbocycles. The lowest BCUT2D eigenvalue weighted by Gasteiger charge is -2.36. The lowest BCUT2D eigenvalue weighted by molar-refractivity contribution is 0.573. The normalized spacial score (nSPS) is 17.3. The van der Waals surface area contributed by atoms with Gasteiger partial charge in [-0.1, -0.05) is 0 Å². The van der Waals surface area contributed by atoms with Crippen LogP contribution in [0.1, 0.15) is 44.3 Å². The van der Waals surface area contributed by atoms with Crippen molar-refractivity contribution in [3.63, 3.8) is 0 Å². The molecule has 3 aromatic rings. The SMILES string of the molecule is CC(C)n1cnc2cc(N3CCN(c4cc(C5CC5)ncn4)CC3)ccc2c1=O. The first kappa shape index (κ1) is 18.1. The molecule has 1 saturated heterocycles.